The number of rotatable bonds is 9. The lowest BCUT2D eigenvalue weighted by Crippen LogP contribution is -2.43. The number of benzene rings is 1. The molecule has 4 N–H and O–H groups in total. The Morgan fingerprint density at radius 3 is 2.28 bits per heavy atom. The molecule has 2 aliphatic heterocycles. The molecular weight excluding hydrogens is 456 g/mol. The average Bonchev–Trinajstić information content (AvgIpc) is 3.43. The second-order valence-corrected chi connectivity index (χ2v) is 9.88. The summed E-state index contributed by atoms with van der Waals surface area (Å²) in [4.78, 5) is 32.3. The SMILES string of the molecule is C#N.CC(C)/C(N)=N/C(=O)N1CCC(CCCOc2ccc(CC(N)C(=O)N3CCCC3)cc2)CC1. The molecule has 0 spiro atoms. The summed E-state index contributed by atoms with van der Waals surface area (Å²) in [7, 11) is 0. The van der Waals surface area contributed by atoms with E-state index in [-0.39, 0.29) is 17.9 Å². The third-order valence-electron chi connectivity index (χ3n) is 6.84. The van der Waals surface area contributed by atoms with Crippen LogP contribution in [0, 0.1) is 23.7 Å². The molecule has 9 heteroatoms. The molecule has 2 heterocycles. The van der Waals surface area contributed by atoms with E-state index in [9.17, 15) is 9.59 Å². The minimum atomic E-state index is -0.481. The molecule has 1 aromatic rings. The number of carbonyl (C=O) groups excluding carboxylic acids is 2. The van der Waals surface area contributed by atoms with Crippen molar-refractivity contribution in [2.24, 2.45) is 28.3 Å². The van der Waals surface area contributed by atoms with Crippen molar-refractivity contribution in [1.82, 2.24) is 9.80 Å². The first-order chi connectivity index (χ1) is 17.3. The Morgan fingerprint density at radius 2 is 1.69 bits per heavy atom. The molecule has 2 saturated heterocycles. The number of hydrogen-bond donors (Lipinski definition) is 2. The van der Waals surface area contributed by atoms with E-state index >= 15 is 0 Å². The van der Waals surface area contributed by atoms with Gasteiger partial charge in [0.05, 0.1) is 12.6 Å². The van der Waals surface area contributed by atoms with Crippen LogP contribution in [0.3, 0.4) is 0 Å². The van der Waals surface area contributed by atoms with Crippen LogP contribution in [0.25, 0.3) is 0 Å². The third kappa shape index (κ3) is 9.15. The Bertz CT molecular complexity index is 869. The second-order valence-electron chi connectivity index (χ2n) is 9.88. The molecule has 0 radical (unpaired) electrons. The first-order valence-corrected chi connectivity index (χ1v) is 13.0. The Labute approximate surface area is 215 Å². The molecule has 36 heavy (non-hydrogen) atoms. The number of nitriles is 1. The van der Waals surface area contributed by atoms with Gasteiger partial charge in [-0.3, -0.25) is 4.79 Å². The molecule has 1 aromatic carbocycles. The highest BCUT2D eigenvalue weighted by Gasteiger charge is 2.24. The van der Waals surface area contributed by atoms with Crippen LogP contribution < -0.4 is 16.2 Å². The maximum atomic E-state index is 12.4. The Morgan fingerprint density at radius 1 is 1.08 bits per heavy atom. The first-order valence-electron chi connectivity index (χ1n) is 13.0. The first kappa shape index (κ1) is 29.1. The molecule has 3 amide bonds. The summed E-state index contributed by atoms with van der Waals surface area (Å²) >= 11 is 0. The lowest BCUT2D eigenvalue weighted by molar-refractivity contribution is -0.131. The number of nitrogens with two attached hydrogens (primary N) is 2. The van der Waals surface area contributed by atoms with Crippen molar-refractivity contribution < 1.29 is 14.3 Å². The van der Waals surface area contributed by atoms with Crippen molar-refractivity contribution in [3.05, 3.63) is 29.8 Å². The van der Waals surface area contributed by atoms with Crippen LogP contribution in [0.5, 0.6) is 5.75 Å². The van der Waals surface area contributed by atoms with Crippen LogP contribution in [-0.4, -0.2) is 66.4 Å². The van der Waals surface area contributed by atoms with Gasteiger partial charge in [-0.2, -0.15) is 4.99 Å². The molecular formula is C27H42N6O3. The predicted octanol–water partition coefficient (Wildman–Crippen LogP) is 3.32. The Hall–Kier alpha value is -3.12. The summed E-state index contributed by atoms with van der Waals surface area (Å²) in [6.45, 7) is 11.2. The number of amides is 3. The number of carbonyl (C=O) groups is 2. The predicted molar refractivity (Wildman–Crippen MR) is 141 cm³/mol. The van der Waals surface area contributed by atoms with Gasteiger partial charge < -0.3 is 26.0 Å². The number of nitrogens with zero attached hydrogens (tertiary/aromatic N) is 4. The summed E-state index contributed by atoms with van der Waals surface area (Å²) in [5.74, 6) is 1.98. The molecule has 1 unspecified atom stereocenters. The van der Waals surface area contributed by atoms with Crippen molar-refractivity contribution in [3.63, 3.8) is 0 Å². The zero-order valence-electron chi connectivity index (χ0n) is 21.8. The van der Waals surface area contributed by atoms with E-state index < -0.39 is 6.04 Å². The van der Waals surface area contributed by atoms with E-state index in [1.54, 1.807) is 4.90 Å². The largest absolute Gasteiger partial charge is 0.494 e. The van der Waals surface area contributed by atoms with Crippen LogP contribution in [-0.2, 0) is 11.2 Å². The van der Waals surface area contributed by atoms with Crippen molar-refractivity contribution in [3.8, 4) is 12.3 Å². The minimum Gasteiger partial charge on any atom is -0.494 e. The minimum absolute atomic E-state index is 0.0560. The monoisotopic (exact) mass is 498 g/mol. The summed E-state index contributed by atoms with van der Waals surface area (Å²) in [5, 5.41) is 6.50. The standard InChI is InChI=1S/C26H41N5O3.CHN/c1-19(2)24(28)29-26(33)31-15-11-20(12-16-31)6-5-17-34-22-9-7-21(8-10-22)18-23(27)25(32)30-13-3-4-14-30;1-2/h7-10,19-20,23H,3-6,11-18,27H2,1-2H3,(H2,28,29,33);1H. The fourth-order valence-electron chi connectivity index (χ4n) is 4.52. The van der Waals surface area contributed by atoms with Crippen LogP contribution in [0.1, 0.15) is 57.9 Å². The van der Waals surface area contributed by atoms with E-state index in [2.05, 4.69) is 11.6 Å². The highest BCUT2D eigenvalue weighted by Crippen LogP contribution is 2.23. The quantitative estimate of drug-likeness (QED) is 0.304. The molecule has 0 aliphatic carbocycles. The van der Waals surface area contributed by atoms with Gasteiger partial charge in [0.25, 0.3) is 0 Å². The Balaban J connectivity index is 0.00000222. The number of ether oxygens (including phenoxy) is 1. The van der Waals surface area contributed by atoms with E-state index in [0.717, 1.165) is 76.0 Å². The number of piperidine rings is 1. The van der Waals surface area contributed by atoms with Gasteiger partial charge >= 0.3 is 6.03 Å². The number of urea groups is 1. The maximum absolute atomic E-state index is 12.4. The van der Waals surface area contributed by atoms with Gasteiger partial charge in [-0.1, -0.05) is 26.0 Å². The van der Waals surface area contributed by atoms with Gasteiger partial charge in [0.15, 0.2) is 0 Å². The van der Waals surface area contributed by atoms with Crippen LogP contribution >= 0.6 is 0 Å². The summed E-state index contributed by atoms with van der Waals surface area (Å²) in [6.07, 6.45) is 6.76. The van der Waals surface area contributed by atoms with Crippen molar-refractivity contribution in [1.29, 1.82) is 5.26 Å². The number of amidine groups is 1. The van der Waals surface area contributed by atoms with Gasteiger partial charge in [0.1, 0.15) is 11.6 Å². The van der Waals surface area contributed by atoms with E-state index in [0.29, 0.717) is 24.8 Å². The van der Waals surface area contributed by atoms with Gasteiger partial charge in [-0.25, -0.2) is 10.1 Å². The lowest BCUT2D eigenvalue weighted by Gasteiger charge is -2.30. The van der Waals surface area contributed by atoms with Crippen LogP contribution in [0.2, 0.25) is 0 Å². The van der Waals surface area contributed by atoms with Crippen molar-refractivity contribution in [2.75, 3.05) is 32.8 Å². The van der Waals surface area contributed by atoms with E-state index in [1.807, 2.05) is 43.0 Å². The number of likely N-dealkylation sites (tertiary alicyclic amines) is 2. The normalized spacial score (nSPS) is 17.4. The molecule has 0 bridgehead atoms. The van der Waals surface area contributed by atoms with Gasteiger partial charge in [0.2, 0.25) is 5.91 Å². The molecule has 1 atom stereocenters. The average molecular weight is 499 g/mol. The zero-order valence-corrected chi connectivity index (χ0v) is 21.8. The molecule has 9 nitrogen and oxygen atoms in total. The molecule has 0 saturated carbocycles. The molecule has 2 aliphatic rings. The van der Waals surface area contributed by atoms with Crippen LogP contribution in [0.4, 0.5) is 4.79 Å². The number of hydrogen-bond acceptors (Lipinski definition) is 5. The highest BCUT2D eigenvalue weighted by atomic mass is 16.5. The summed E-state index contributed by atoms with van der Waals surface area (Å²) < 4.78 is 5.91. The maximum Gasteiger partial charge on any atom is 0.345 e. The van der Waals surface area contributed by atoms with E-state index in [4.69, 9.17) is 21.5 Å². The lowest BCUT2D eigenvalue weighted by atomic mass is 9.92. The van der Waals surface area contributed by atoms with Crippen molar-refractivity contribution >= 4 is 17.8 Å². The molecule has 2 fully saturated rings. The van der Waals surface area contributed by atoms with Gasteiger partial charge in [-0.15, -0.1) is 0 Å². The van der Waals surface area contributed by atoms with Crippen molar-refractivity contribution in [2.45, 2.75) is 64.8 Å². The molecule has 198 valence electrons. The Kier molecular flexibility index (Phi) is 12.2. The highest BCUT2D eigenvalue weighted by molar-refractivity contribution is 5.93. The summed E-state index contributed by atoms with van der Waals surface area (Å²) in [6, 6.07) is 7.20. The zero-order chi connectivity index (χ0) is 26.5. The van der Waals surface area contributed by atoms with Gasteiger partial charge in [0, 0.05) is 38.7 Å². The summed E-state index contributed by atoms with van der Waals surface area (Å²) in [5.41, 5.74) is 13.0. The van der Waals surface area contributed by atoms with E-state index in [1.165, 1.54) is 0 Å². The molecule has 3 rings (SSSR count). The third-order valence-corrected chi connectivity index (χ3v) is 6.84. The molecule has 0 aromatic heterocycles. The second kappa shape index (κ2) is 15.1. The fourth-order valence-corrected chi connectivity index (χ4v) is 4.52. The number of aliphatic imine (C=N–C) groups is 1. The van der Waals surface area contributed by atoms with Gasteiger partial charge in [-0.05, 0) is 68.6 Å². The smallest absolute Gasteiger partial charge is 0.345 e. The topological polar surface area (TPSA) is 138 Å². The van der Waals surface area contributed by atoms with Crippen LogP contribution in [0.15, 0.2) is 29.3 Å². The fraction of sp³-hybridized carbons (Fsp3) is 0.630.